The van der Waals surface area contributed by atoms with Gasteiger partial charge in [0.1, 0.15) is 12.4 Å². The highest BCUT2D eigenvalue weighted by molar-refractivity contribution is 6.01. The summed E-state index contributed by atoms with van der Waals surface area (Å²) in [6, 6.07) is 11.9. The third-order valence-electron chi connectivity index (χ3n) is 4.81. The number of carbonyl (C=O) groups excluding carboxylic acids is 1. The topological polar surface area (TPSA) is 69.6 Å². The van der Waals surface area contributed by atoms with Crippen LogP contribution < -0.4 is 9.47 Å². The van der Waals surface area contributed by atoms with E-state index in [2.05, 4.69) is 5.16 Å². The second kappa shape index (κ2) is 10.1. The van der Waals surface area contributed by atoms with Gasteiger partial charge in [-0.15, -0.1) is 0 Å². The van der Waals surface area contributed by atoms with Gasteiger partial charge in [-0.1, -0.05) is 23.4 Å². The summed E-state index contributed by atoms with van der Waals surface area (Å²) in [5, 5.41) is 4.18. The first kappa shape index (κ1) is 21.6. The zero-order valence-electron chi connectivity index (χ0n) is 17.3. The van der Waals surface area contributed by atoms with Gasteiger partial charge in [0.15, 0.2) is 17.6 Å². The fraction of sp³-hybridized carbons (Fsp3) is 0.364. The Labute approximate surface area is 175 Å². The van der Waals surface area contributed by atoms with E-state index < -0.39 is 0 Å². The van der Waals surface area contributed by atoms with Gasteiger partial charge in [0, 0.05) is 31.2 Å². The molecule has 8 heteroatoms. The summed E-state index contributed by atoms with van der Waals surface area (Å²) < 4.78 is 29.7. The first-order valence-electron chi connectivity index (χ1n) is 9.51. The zero-order valence-corrected chi connectivity index (χ0v) is 17.3. The van der Waals surface area contributed by atoms with Gasteiger partial charge in [-0.05, 0) is 24.3 Å². The van der Waals surface area contributed by atoms with Crippen molar-refractivity contribution in [3.63, 3.8) is 0 Å². The molecular formula is C22H25FN2O5. The lowest BCUT2D eigenvalue weighted by Crippen LogP contribution is -2.39. The number of hydrogen-bond donors (Lipinski definition) is 0. The van der Waals surface area contributed by atoms with Gasteiger partial charge in [0.2, 0.25) is 5.91 Å². The molecule has 2 aromatic rings. The number of ether oxygens (including phenoxy) is 3. The van der Waals surface area contributed by atoms with Crippen LogP contribution in [0.15, 0.2) is 47.6 Å². The Balaban J connectivity index is 1.69. The van der Waals surface area contributed by atoms with E-state index in [4.69, 9.17) is 19.0 Å². The lowest BCUT2D eigenvalue weighted by atomic mass is 10.0. The Morgan fingerprint density at radius 3 is 2.63 bits per heavy atom. The van der Waals surface area contributed by atoms with Crippen LogP contribution in [0.25, 0.3) is 0 Å². The molecule has 0 aliphatic carbocycles. The van der Waals surface area contributed by atoms with Crippen molar-refractivity contribution in [3.8, 4) is 11.5 Å². The lowest BCUT2D eigenvalue weighted by molar-refractivity contribution is -0.137. The van der Waals surface area contributed by atoms with Crippen molar-refractivity contribution in [2.24, 2.45) is 5.16 Å². The molecular weight excluding hydrogens is 391 g/mol. The standard InChI is InChI=1S/C22H25FN2O5/c1-27-14-22(26)25(12-16-6-4-5-7-18(16)23)13-17-11-19(24-30-17)15-8-9-20(28-2)21(10-15)29-3/h4-10,17H,11-14H2,1-3H3. The number of benzene rings is 2. The van der Waals surface area contributed by atoms with Crippen molar-refractivity contribution >= 4 is 11.6 Å². The molecule has 0 spiro atoms. The van der Waals surface area contributed by atoms with E-state index in [0.717, 1.165) is 11.3 Å². The summed E-state index contributed by atoms with van der Waals surface area (Å²) in [5.41, 5.74) is 2.02. The number of amides is 1. The van der Waals surface area contributed by atoms with Crippen molar-refractivity contribution < 1.29 is 28.2 Å². The first-order valence-corrected chi connectivity index (χ1v) is 9.51. The monoisotopic (exact) mass is 416 g/mol. The van der Waals surface area contributed by atoms with Gasteiger partial charge >= 0.3 is 0 Å². The maximum absolute atomic E-state index is 14.1. The second-order valence-corrected chi connectivity index (χ2v) is 6.84. The van der Waals surface area contributed by atoms with Gasteiger partial charge in [-0.3, -0.25) is 4.79 Å². The largest absolute Gasteiger partial charge is 0.493 e. The van der Waals surface area contributed by atoms with E-state index >= 15 is 0 Å². The number of nitrogens with zero attached hydrogens (tertiary/aromatic N) is 2. The Kier molecular flexibility index (Phi) is 7.24. The summed E-state index contributed by atoms with van der Waals surface area (Å²) in [6.45, 7) is 0.293. The summed E-state index contributed by atoms with van der Waals surface area (Å²) >= 11 is 0. The van der Waals surface area contributed by atoms with Gasteiger partial charge < -0.3 is 23.9 Å². The van der Waals surface area contributed by atoms with Gasteiger partial charge in [-0.25, -0.2) is 4.39 Å². The molecule has 0 aromatic heterocycles. The normalized spacial score (nSPS) is 15.3. The Morgan fingerprint density at radius 2 is 1.93 bits per heavy atom. The molecule has 1 aliphatic heterocycles. The molecule has 160 valence electrons. The van der Waals surface area contributed by atoms with Crippen LogP contribution in [-0.2, 0) is 20.9 Å². The van der Waals surface area contributed by atoms with Crippen LogP contribution in [0.5, 0.6) is 11.5 Å². The quantitative estimate of drug-likeness (QED) is 0.629. The van der Waals surface area contributed by atoms with E-state index in [1.165, 1.54) is 18.1 Å². The Hall–Kier alpha value is -3.13. The van der Waals surface area contributed by atoms with Crippen LogP contribution in [0.2, 0.25) is 0 Å². The minimum Gasteiger partial charge on any atom is -0.493 e. The van der Waals surface area contributed by atoms with E-state index in [1.807, 2.05) is 12.1 Å². The fourth-order valence-corrected chi connectivity index (χ4v) is 3.26. The van der Waals surface area contributed by atoms with Crippen molar-refractivity contribution in [1.29, 1.82) is 0 Å². The number of oxime groups is 1. The number of methoxy groups -OCH3 is 3. The van der Waals surface area contributed by atoms with Crippen LogP contribution in [-0.4, -0.2) is 57.1 Å². The maximum Gasteiger partial charge on any atom is 0.248 e. The molecule has 0 N–H and O–H groups in total. The number of halogens is 1. The van der Waals surface area contributed by atoms with Crippen LogP contribution in [0.1, 0.15) is 17.5 Å². The first-order chi connectivity index (χ1) is 14.5. The predicted molar refractivity (Wildman–Crippen MR) is 109 cm³/mol. The molecule has 30 heavy (non-hydrogen) atoms. The van der Waals surface area contributed by atoms with E-state index in [-0.39, 0.29) is 37.5 Å². The lowest BCUT2D eigenvalue weighted by Gasteiger charge is -2.25. The summed E-state index contributed by atoms with van der Waals surface area (Å²) in [6.07, 6.45) is 0.157. The smallest absolute Gasteiger partial charge is 0.248 e. The number of carbonyl (C=O) groups is 1. The molecule has 1 heterocycles. The Bertz CT molecular complexity index is 918. The molecule has 0 saturated carbocycles. The van der Waals surface area contributed by atoms with Crippen LogP contribution >= 0.6 is 0 Å². The Morgan fingerprint density at radius 1 is 1.17 bits per heavy atom. The number of rotatable bonds is 9. The summed E-state index contributed by atoms with van der Waals surface area (Å²) in [7, 11) is 4.59. The molecule has 1 amide bonds. The summed E-state index contributed by atoms with van der Waals surface area (Å²) in [4.78, 5) is 19.6. The summed E-state index contributed by atoms with van der Waals surface area (Å²) in [5.74, 6) is 0.613. The molecule has 0 fully saturated rings. The highest BCUT2D eigenvalue weighted by Crippen LogP contribution is 2.29. The molecule has 1 atom stereocenters. The fourth-order valence-electron chi connectivity index (χ4n) is 3.26. The molecule has 3 rings (SSSR count). The molecule has 1 unspecified atom stereocenters. The van der Waals surface area contributed by atoms with Gasteiger partial charge in [0.05, 0.1) is 26.5 Å². The van der Waals surface area contributed by atoms with Crippen LogP contribution in [0.3, 0.4) is 0 Å². The molecule has 2 aromatic carbocycles. The highest BCUT2D eigenvalue weighted by atomic mass is 19.1. The van der Waals surface area contributed by atoms with Crippen LogP contribution in [0, 0.1) is 5.82 Å². The molecule has 0 saturated heterocycles. The van der Waals surface area contributed by atoms with E-state index in [9.17, 15) is 9.18 Å². The van der Waals surface area contributed by atoms with E-state index in [0.29, 0.717) is 23.5 Å². The average Bonchev–Trinajstić information content (AvgIpc) is 3.23. The van der Waals surface area contributed by atoms with Crippen molar-refractivity contribution in [3.05, 3.63) is 59.4 Å². The minimum atomic E-state index is -0.359. The van der Waals surface area contributed by atoms with Crippen molar-refractivity contribution in [2.75, 3.05) is 34.5 Å². The van der Waals surface area contributed by atoms with Crippen LogP contribution in [0.4, 0.5) is 4.39 Å². The van der Waals surface area contributed by atoms with Crippen molar-refractivity contribution in [2.45, 2.75) is 19.1 Å². The zero-order chi connectivity index (χ0) is 21.5. The third kappa shape index (κ3) is 5.07. The second-order valence-electron chi connectivity index (χ2n) is 6.84. The van der Waals surface area contributed by atoms with Crippen molar-refractivity contribution in [1.82, 2.24) is 4.90 Å². The number of hydrogen-bond acceptors (Lipinski definition) is 6. The molecule has 0 radical (unpaired) electrons. The highest BCUT2D eigenvalue weighted by Gasteiger charge is 2.27. The van der Waals surface area contributed by atoms with Gasteiger partial charge in [0.25, 0.3) is 0 Å². The maximum atomic E-state index is 14.1. The molecule has 1 aliphatic rings. The molecule has 0 bridgehead atoms. The minimum absolute atomic E-state index is 0.0927. The average molecular weight is 416 g/mol. The SMILES string of the molecule is COCC(=O)N(Cc1ccccc1F)CC1CC(c2ccc(OC)c(OC)c2)=NO1. The predicted octanol–water partition coefficient (Wildman–Crippen LogP) is 3.01. The molecule has 7 nitrogen and oxygen atoms in total. The van der Waals surface area contributed by atoms with E-state index in [1.54, 1.807) is 38.5 Å². The van der Waals surface area contributed by atoms with Gasteiger partial charge in [-0.2, -0.15) is 0 Å². The third-order valence-corrected chi connectivity index (χ3v) is 4.81.